The first-order valence-corrected chi connectivity index (χ1v) is 9.49. The Bertz CT molecular complexity index is 989. The van der Waals surface area contributed by atoms with E-state index < -0.39 is 11.8 Å². The summed E-state index contributed by atoms with van der Waals surface area (Å²) in [5.41, 5.74) is 3.46. The minimum Gasteiger partial charge on any atom is -0.478 e. The van der Waals surface area contributed by atoms with Crippen LogP contribution in [0.25, 0.3) is 11.0 Å². The van der Waals surface area contributed by atoms with E-state index in [2.05, 4.69) is 22.1 Å². The van der Waals surface area contributed by atoms with Gasteiger partial charge in [-0.1, -0.05) is 31.7 Å². The zero-order valence-electron chi connectivity index (χ0n) is 15.3. The second kappa shape index (κ2) is 7.14. The zero-order valence-corrected chi connectivity index (χ0v) is 15.3. The van der Waals surface area contributed by atoms with E-state index >= 15 is 0 Å². The van der Waals surface area contributed by atoms with Crippen LogP contribution in [0.3, 0.4) is 0 Å². The van der Waals surface area contributed by atoms with Crippen molar-refractivity contribution in [1.29, 1.82) is 0 Å². The lowest BCUT2D eigenvalue weighted by atomic mass is 9.85. The van der Waals surface area contributed by atoms with Gasteiger partial charge in [-0.15, -0.1) is 0 Å². The maximum atomic E-state index is 14.3. The second-order valence-electron chi connectivity index (χ2n) is 7.66. The number of hydrogen-bond acceptors (Lipinski definition) is 2. The van der Waals surface area contributed by atoms with Crippen LogP contribution in [0.4, 0.5) is 4.39 Å². The highest BCUT2D eigenvalue weighted by atomic mass is 19.1. The smallest absolute Gasteiger partial charge is 0.338 e. The number of halogens is 1. The Kier molecular flexibility index (Phi) is 4.68. The van der Waals surface area contributed by atoms with Gasteiger partial charge >= 0.3 is 5.97 Å². The first-order valence-electron chi connectivity index (χ1n) is 9.49. The fourth-order valence-corrected chi connectivity index (χ4v) is 4.28. The Morgan fingerprint density at radius 1 is 1.30 bits per heavy atom. The van der Waals surface area contributed by atoms with Gasteiger partial charge in [0.25, 0.3) is 0 Å². The molecule has 0 aliphatic heterocycles. The number of carboxylic acid groups (broad SMARTS) is 1. The average molecular weight is 366 g/mol. The van der Waals surface area contributed by atoms with Crippen molar-refractivity contribution in [2.45, 2.75) is 44.9 Å². The fraction of sp³-hybridized carbons (Fsp3) is 0.364. The highest BCUT2D eigenvalue weighted by molar-refractivity contribution is 5.88. The predicted molar refractivity (Wildman–Crippen MR) is 103 cm³/mol. The highest BCUT2D eigenvalue weighted by Crippen LogP contribution is 2.38. The van der Waals surface area contributed by atoms with Gasteiger partial charge in [-0.3, -0.25) is 0 Å². The molecule has 1 fully saturated rings. The molecule has 1 aliphatic carbocycles. The molecule has 27 heavy (non-hydrogen) atoms. The number of rotatable bonds is 5. The van der Waals surface area contributed by atoms with E-state index in [1.165, 1.54) is 37.8 Å². The van der Waals surface area contributed by atoms with Crippen LogP contribution in [0.5, 0.6) is 0 Å². The molecule has 2 N–H and O–H groups in total. The van der Waals surface area contributed by atoms with Gasteiger partial charge in [0.1, 0.15) is 11.5 Å². The number of carboxylic acids is 1. The first kappa shape index (κ1) is 17.7. The van der Waals surface area contributed by atoms with Crippen molar-refractivity contribution in [3.63, 3.8) is 0 Å². The van der Waals surface area contributed by atoms with Crippen LogP contribution < -0.4 is 0 Å². The number of nitrogens with zero attached hydrogens (tertiary/aromatic N) is 1. The number of aromatic carboxylic acids is 1. The summed E-state index contributed by atoms with van der Waals surface area (Å²) in [7, 11) is 0. The van der Waals surface area contributed by atoms with Crippen LogP contribution in [0.2, 0.25) is 0 Å². The van der Waals surface area contributed by atoms with E-state index in [1.54, 1.807) is 6.07 Å². The van der Waals surface area contributed by atoms with E-state index in [-0.39, 0.29) is 11.5 Å². The van der Waals surface area contributed by atoms with Gasteiger partial charge in [-0.05, 0) is 54.7 Å². The Hall–Kier alpha value is -2.69. The highest BCUT2D eigenvalue weighted by Gasteiger charge is 2.25. The number of aromatic amines is 1. The summed E-state index contributed by atoms with van der Waals surface area (Å²) in [6.45, 7) is 2.01. The summed E-state index contributed by atoms with van der Waals surface area (Å²) in [4.78, 5) is 19.0. The SMILES string of the molecule is Cc1cnc2[nH]c(C(CC3CCCC3)c3ccc(C(=O)O)c(F)c3)cc2c1. The number of nitrogens with one attached hydrogen (secondary N) is 1. The molecule has 5 heteroatoms. The normalized spacial score (nSPS) is 16.1. The van der Waals surface area contributed by atoms with Gasteiger partial charge in [-0.25, -0.2) is 14.2 Å². The lowest BCUT2D eigenvalue weighted by Crippen LogP contribution is -2.09. The third-order valence-electron chi connectivity index (χ3n) is 5.67. The summed E-state index contributed by atoms with van der Waals surface area (Å²) in [5.74, 6) is -1.31. The topological polar surface area (TPSA) is 66.0 Å². The van der Waals surface area contributed by atoms with Crippen molar-refractivity contribution in [2.75, 3.05) is 0 Å². The number of pyridine rings is 1. The molecule has 1 unspecified atom stereocenters. The molecule has 2 heterocycles. The molecule has 1 aromatic carbocycles. The Morgan fingerprint density at radius 3 is 2.78 bits per heavy atom. The van der Waals surface area contributed by atoms with Gasteiger partial charge in [0.2, 0.25) is 0 Å². The number of carbonyl (C=O) groups is 1. The fourth-order valence-electron chi connectivity index (χ4n) is 4.28. The molecular weight excluding hydrogens is 343 g/mol. The van der Waals surface area contributed by atoms with Crippen molar-refractivity contribution in [2.24, 2.45) is 5.92 Å². The van der Waals surface area contributed by atoms with Crippen LogP contribution in [0.15, 0.2) is 36.5 Å². The number of benzene rings is 1. The Morgan fingerprint density at radius 2 is 2.07 bits per heavy atom. The van der Waals surface area contributed by atoms with Crippen molar-refractivity contribution in [3.05, 3.63) is 64.7 Å². The second-order valence-corrected chi connectivity index (χ2v) is 7.66. The lowest BCUT2D eigenvalue weighted by molar-refractivity contribution is 0.0692. The van der Waals surface area contributed by atoms with E-state index in [9.17, 15) is 9.18 Å². The van der Waals surface area contributed by atoms with Gasteiger partial charge < -0.3 is 10.1 Å². The predicted octanol–water partition coefficient (Wildman–Crippen LogP) is 5.42. The van der Waals surface area contributed by atoms with Crippen LogP contribution in [-0.4, -0.2) is 21.0 Å². The zero-order chi connectivity index (χ0) is 19.0. The van der Waals surface area contributed by atoms with Crippen LogP contribution >= 0.6 is 0 Å². The largest absolute Gasteiger partial charge is 0.478 e. The number of aromatic nitrogens is 2. The monoisotopic (exact) mass is 366 g/mol. The molecule has 0 bridgehead atoms. The van der Waals surface area contributed by atoms with Crippen molar-refractivity contribution in [1.82, 2.24) is 9.97 Å². The number of fused-ring (bicyclic) bond motifs is 1. The van der Waals surface area contributed by atoms with E-state index in [0.29, 0.717) is 5.92 Å². The maximum absolute atomic E-state index is 14.3. The Labute approximate surface area is 157 Å². The molecule has 140 valence electrons. The molecule has 1 atom stereocenters. The van der Waals surface area contributed by atoms with Crippen molar-refractivity contribution >= 4 is 17.0 Å². The molecule has 0 saturated heterocycles. The number of aryl methyl sites for hydroxylation is 1. The molecule has 0 amide bonds. The third-order valence-corrected chi connectivity index (χ3v) is 5.67. The number of hydrogen-bond donors (Lipinski definition) is 2. The maximum Gasteiger partial charge on any atom is 0.338 e. The molecular formula is C22H23FN2O2. The molecule has 0 radical (unpaired) electrons. The summed E-state index contributed by atoms with van der Waals surface area (Å²) in [5, 5.41) is 10.2. The van der Waals surface area contributed by atoms with Crippen LogP contribution in [0.1, 0.15) is 65.2 Å². The quantitative estimate of drug-likeness (QED) is 0.633. The third kappa shape index (κ3) is 3.59. The minimum atomic E-state index is -1.24. The van der Waals surface area contributed by atoms with E-state index in [1.807, 2.05) is 13.1 Å². The summed E-state index contributed by atoms with van der Waals surface area (Å²) >= 11 is 0. The molecule has 1 saturated carbocycles. The standard InChI is InChI=1S/C22H23FN2O2/c1-13-8-16-11-20(25-21(16)24-12-13)18(9-14-4-2-3-5-14)15-6-7-17(22(26)27)19(23)10-15/h6-8,10-12,14,18H,2-5,9H2,1H3,(H,24,25)(H,26,27). The van der Waals surface area contributed by atoms with Crippen LogP contribution in [-0.2, 0) is 0 Å². The first-order chi connectivity index (χ1) is 13.0. The lowest BCUT2D eigenvalue weighted by Gasteiger charge is -2.20. The molecule has 1 aliphatic rings. The van der Waals surface area contributed by atoms with Gasteiger partial charge in [-0.2, -0.15) is 0 Å². The molecule has 0 spiro atoms. The van der Waals surface area contributed by atoms with Gasteiger partial charge in [0, 0.05) is 23.2 Å². The summed E-state index contributed by atoms with van der Waals surface area (Å²) in [6.07, 6.45) is 7.65. The van der Waals surface area contributed by atoms with E-state index in [4.69, 9.17) is 5.11 Å². The van der Waals surface area contributed by atoms with Gasteiger partial charge in [0.15, 0.2) is 0 Å². The van der Waals surface area contributed by atoms with Crippen LogP contribution in [0, 0.1) is 18.7 Å². The summed E-state index contributed by atoms with van der Waals surface area (Å²) < 4.78 is 14.3. The van der Waals surface area contributed by atoms with Gasteiger partial charge in [0.05, 0.1) is 5.56 Å². The molecule has 2 aromatic heterocycles. The molecule has 3 aromatic rings. The molecule has 4 nitrogen and oxygen atoms in total. The minimum absolute atomic E-state index is 0.0000454. The van der Waals surface area contributed by atoms with Crippen molar-refractivity contribution in [3.8, 4) is 0 Å². The Balaban J connectivity index is 1.75. The average Bonchev–Trinajstić information content (AvgIpc) is 3.28. The summed E-state index contributed by atoms with van der Waals surface area (Å²) in [6, 6.07) is 8.68. The number of H-pyrrole nitrogens is 1. The molecule has 4 rings (SSSR count). The van der Waals surface area contributed by atoms with E-state index in [0.717, 1.165) is 34.3 Å². The van der Waals surface area contributed by atoms with Crippen molar-refractivity contribution < 1.29 is 14.3 Å².